The number of hydrogen-bond donors (Lipinski definition) is 2. The molecule has 2 rings (SSSR count). The Morgan fingerprint density at radius 1 is 1.50 bits per heavy atom. The zero-order chi connectivity index (χ0) is 11.5. The maximum absolute atomic E-state index is 13.7. The molecule has 2 nitrogen and oxygen atoms in total. The lowest BCUT2D eigenvalue weighted by Crippen LogP contribution is -2.31. The first-order valence-corrected chi connectivity index (χ1v) is 5.85. The molecule has 1 saturated heterocycles. The number of piperidine rings is 1. The lowest BCUT2D eigenvalue weighted by Gasteiger charge is -2.23. The highest BCUT2D eigenvalue weighted by Crippen LogP contribution is 2.24. The van der Waals surface area contributed by atoms with Crippen molar-refractivity contribution in [3.05, 3.63) is 29.1 Å². The number of phenolic OH excluding ortho intramolecular Hbond substituents is 1. The van der Waals surface area contributed by atoms with Crippen LogP contribution in [-0.2, 0) is 6.42 Å². The highest BCUT2D eigenvalue weighted by Gasteiger charge is 2.16. The summed E-state index contributed by atoms with van der Waals surface area (Å²) in [5.41, 5.74) is 1.24. The molecule has 0 aromatic heterocycles. The van der Waals surface area contributed by atoms with Crippen molar-refractivity contribution >= 4 is 0 Å². The highest BCUT2D eigenvalue weighted by atomic mass is 19.1. The molecule has 16 heavy (non-hydrogen) atoms. The van der Waals surface area contributed by atoms with E-state index in [2.05, 4.69) is 5.32 Å². The van der Waals surface area contributed by atoms with Crippen LogP contribution < -0.4 is 5.32 Å². The number of aromatic hydroxyl groups is 1. The maximum Gasteiger partial charge on any atom is 0.126 e. The molecule has 1 aliphatic rings. The van der Waals surface area contributed by atoms with Gasteiger partial charge in [-0.05, 0) is 68.5 Å². The van der Waals surface area contributed by atoms with Crippen molar-refractivity contribution < 1.29 is 9.50 Å². The minimum atomic E-state index is -0.194. The van der Waals surface area contributed by atoms with Crippen molar-refractivity contribution in [3.8, 4) is 5.75 Å². The second kappa shape index (κ2) is 4.83. The molecule has 1 atom stereocenters. The largest absolute Gasteiger partial charge is 0.508 e. The average molecular weight is 223 g/mol. The van der Waals surface area contributed by atoms with E-state index in [4.69, 9.17) is 0 Å². The third kappa shape index (κ3) is 2.53. The van der Waals surface area contributed by atoms with E-state index in [9.17, 15) is 9.50 Å². The molecule has 0 bridgehead atoms. The molecule has 2 N–H and O–H groups in total. The molecule has 0 aliphatic carbocycles. The van der Waals surface area contributed by atoms with E-state index in [0.29, 0.717) is 23.5 Å². The molecule has 0 saturated carbocycles. The predicted molar refractivity (Wildman–Crippen MR) is 62.1 cm³/mol. The number of benzene rings is 1. The van der Waals surface area contributed by atoms with Crippen LogP contribution in [0.3, 0.4) is 0 Å². The van der Waals surface area contributed by atoms with E-state index in [1.807, 2.05) is 0 Å². The van der Waals surface area contributed by atoms with Crippen molar-refractivity contribution in [1.82, 2.24) is 5.32 Å². The lowest BCUT2D eigenvalue weighted by molar-refractivity contribution is 0.371. The molecule has 1 aromatic rings. The van der Waals surface area contributed by atoms with Gasteiger partial charge in [0.05, 0.1) is 0 Å². The number of rotatable bonds is 2. The fourth-order valence-electron chi connectivity index (χ4n) is 2.27. The van der Waals surface area contributed by atoms with Crippen molar-refractivity contribution in [2.75, 3.05) is 13.1 Å². The summed E-state index contributed by atoms with van der Waals surface area (Å²) in [4.78, 5) is 0. The normalized spacial score (nSPS) is 21.0. The molecular formula is C13H18FNO. The van der Waals surface area contributed by atoms with Crippen LogP contribution in [0.1, 0.15) is 24.0 Å². The van der Waals surface area contributed by atoms with E-state index in [-0.39, 0.29) is 11.6 Å². The van der Waals surface area contributed by atoms with Crippen LogP contribution in [0, 0.1) is 18.7 Å². The first-order valence-electron chi connectivity index (χ1n) is 5.85. The van der Waals surface area contributed by atoms with Gasteiger partial charge in [-0.15, -0.1) is 0 Å². The van der Waals surface area contributed by atoms with Crippen LogP contribution in [0.25, 0.3) is 0 Å². The second-order valence-electron chi connectivity index (χ2n) is 4.65. The molecule has 0 spiro atoms. The molecule has 3 heteroatoms. The van der Waals surface area contributed by atoms with E-state index in [0.717, 1.165) is 25.9 Å². The van der Waals surface area contributed by atoms with Crippen molar-refractivity contribution in [2.24, 2.45) is 5.92 Å². The molecule has 1 fully saturated rings. The monoisotopic (exact) mass is 223 g/mol. The van der Waals surface area contributed by atoms with Gasteiger partial charge in [0.15, 0.2) is 0 Å². The first-order chi connectivity index (χ1) is 7.66. The molecule has 1 aromatic carbocycles. The SMILES string of the molecule is Cc1cc(F)c(CC2CCCNC2)cc1O. The number of phenols is 1. The number of halogens is 1. The average Bonchev–Trinajstić information content (AvgIpc) is 2.27. The summed E-state index contributed by atoms with van der Waals surface area (Å²) in [7, 11) is 0. The number of hydrogen-bond acceptors (Lipinski definition) is 2. The second-order valence-corrected chi connectivity index (χ2v) is 4.65. The van der Waals surface area contributed by atoms with Gasteiger partial charge in [-0.2, -0.15) is 0 Å². The van der Waals surface area contributed by atoms with Crippen LogP contribution in [-0.4, -0.2) is 18.2 Å². The fourth-order valence-corrected chi connectivity index (χ4v) is 2.27. The number of aryl methyl sites for hydroxylation is 1. The van der Waals surface area contributed by atoms with Gasteiger partial charge in [-0.25, -0.2) is 4.39 Å². The predicted octanol–water partition coefficient (Wildman–Crippen LogP) is 2.38. The molecule has 1 heterocycles. The maximum atomic E-state index is 13.7. The molecule has 1 aliphatic heterocycles. The Labute approximate surface area is 95.5 Å². The summed E-state index contributed by atoms with van der Waals surface area (Å²) in [6.45, 7) is 3.73. The van der Waals surface area contributed by atoms with Crippen molar-refractivity contribution in [2.45, 2.75) is 26.2 Å². The summed E-state index contributed by atoms with van der Waals surface area (Å²) < 4.78 is 13.7. The van der Waals surface area contributed by atoms with E-state index in [1.165, 1.54) is 6.07 Å². The van der Waals surface area contributed by atoms with Crippen LogP contribution in [0.15, 0.2) is 12.1 Å². The Hall–Kier alpha value is -1.09. The fraction of sp³-hybridized carbons (Fsp3) is 0.538. The topological polar surface area (TPSA) is 32.3 Å². The smallest absolute Gasteiger partial charge is 0.126 e. The Kier molecular flexibility index (Phi) is 3.44. The van der Waals surface area contributed by atoms with Gasteiger partial charge in [-0.3, -0.25) is 0 Å². The minimum Gasteiger partial charge on any atom is -0.508 e. The van der Waals surface area contributed by atoms with Gasteiger partial charge in [-0.1, -0.05) is 0 Å². The first kappa shape index (κ1) is 11.4. The zero-order valence-corrected chi connectivity index (χ0v) is 9.59. The van der Waals surface area contributed by atoms with E-state index in [1.54, 1.807) is 13.0 Å². The van der Waals surface area contributed by atoms with E-state index < -0.39 is 0 Å². The third-order valence-corrected chi connectivity index (χ3v) is 3.27. The molecular weight excluding hydrogens is 205 g/mol. The minimum absolute atomic E-state index is 0.194. The summed E-state index contributed by atoms with van der Waals surface area (Å²) in [5, 5.41) is 12.9. The zero-order valence-electron chi connectivity index (χ0n) is 9.59. The summed E-state index contributed by atoms with van der Waals surface area (Å²) >= 11 is 0. The van der Waals surface area contributed by atoms with Crippen LogP contribution in [0.4, 0.5) is 4.39 Å². The van der Waals surface area contributed by atoms with E-state index >= 15 is 0 Å². The van der Waals surface area contributed by atoms with Gasteiger partial charge in [0.2, 0.25) is 0 Å². The highest BCUT2D eigenvalue weighted by molar-refractivity contribution is 5.36. The standard InChI is InChI=1S/C13H18FNO/c1-9-5-12(14)11(7-13(9)16)6-10-3-2-4-15-8-10/h5,7,10,15-16H,2-4,6,8H2,1H3. The Morgan fingerprint density at radius 2 is 2.31 bits per heavy atom. The molecule has 1 unspecified atom stereocenters. The summed E-state index contributed by atoms with van der Waals surface area (Å²) in [6, 6.07) is 2.99. The van der Waals surface area contributed by atoms with Crippen LogP contribution >= 0.6 is 0 Å². The van der Waals surface area contributed by atoms with Gasteiger partial charge < -0.3 is 10.4 Å². The van der Waals surface area contributed by atoms with Crippen LogP contribution in [0.2, 0.25) is 0 Å². The van der Waals surface area contributed by atoms with Gasteiger partial charge in [0, 0.05) is 0 Å². The summed E-state index contributed by atoms with van der Waals surface area (Å²) in [6.07, 6.45) is 3.01. The van der Waals surface area contributed by atoms with Gasteiger partial charge >= 0.3 is 0 Å². The Balaban J connectivity index is 2.11. The molecule has 88 valence electrons. The quantitative estimate of drug-likeness (QED) is 0.806. The van der Waals surface area contributed by atoms with Gasteiger partial charge in [0.1, 0.15) is 11.6 Å². The number of nitrogens with one attached hydrogen (secondary N) is 1. The lowest BCUT2D eigenvalue weighted by atomic mass is 9.91. The molecule has 0 radical (unpaired) electrons. The Morgan fingerprint density at radius 3 is 3.00 bits per heavy atom. The Bertz CT molecular complexity index is 372. The van der Waals surface area contributed by atoms with Gasteiger partial charge in [0.25, 0.3) is 0 Å². The van der Waals surface area contributed by atoms with Crippen molar-refractivity contribution in [3.63, 3.8) is 0 Å². The van der Waals surface area contributed by atoms with Crippen molar-refractivity contribution in [1.29, 1.82) is 0 Å². The van der Waals surface area contributed by atoms with Crippen LogP contribution in [0.5, 0.6) is 5.75 Å². The third-order valence-electron chi connectivity index (χ3n) is 3.27. The molecule has 0 amide bonds. The summed E-state index contributed by atoms with van der Waals surface area (Å²) in [5.74, 6) is 0.492.